The molecule has 0 aromatic carbocycles. The quantitative estimate of drug-likeness (QED) is 0.692. The summed E-state index contributed by atoms with van der Waals surface area (Å²) in [6.45, 7) is 4.76. The first-order valence-electron chi connectivity index (χ1n) is 7.11. The van der Waals surface area contributed by atoms with Crippen LogP contribution in [0.15, 0.2) is 0 Å². The third-order valence-electron chi connectivity index (χ3n) is 4.41. The second kappa shape index (κ2) is 6.72. The number of rotatable bonds is 2. The highest BCUT2D eigenvalue weighted by Gasteiger charge is 2.33. The molecule has 0 bridgehead atoms. The lowest BCUT2D eigenvalue weighted by Gasteiger charge is -2.40. The Balaban J connectivity index is 2.75. The molecule has 0 aliphatic heterocycles. The van der Waals surface area contributed by atoms with E-state index in [4.69, 9.17) is 5.73 Å². The average Bonchev–Trinajstić information content (AvgIpc) is 2.26. The van der Waals surface area contributed by atoms with E-state index < -0.39 is 0 Å². The molecule has 0 radical (unpaired) electrons. The molecule has 3 heteroatoms. The molecule has 4 N–H and O–H groups in total. The van der Waals surface area contributed by atoms with Gasteiger partial charge in [0.15, 0.2) is 0 Å². The monoisotopic (exact) mass is 241 g/mol. The molecule has 102 valence electrons. The van der Waals surface area contributed by atoms with Gasteiger partial charge >= 0.3 is 0 Å². The van der Waals surface area contributed by atoms with Crippen LogP contribution in [0.4, 0.5) is 0 Å². The maximum absolute atomic E-state index is 6.13. The number of nitrogens with one attached hydrogen (secondary N) is 2. The Morgan fingerprint density at radius 2 is 1.65 bits per heavy atom. The van der Waals surface area contributed by atoms with Gasteiger partial charge in [-0.3, -0.25) is 0 Å². The molecule has 3 atom stereocenters. The molecule has 0 aromatic rings. The molecule has 0 spiro atoms. The lowest BCUT2D eigenvalue weighted by Crippen LogP contribution is -2.53. The van der Waals surface area contributed by atoms with Crippen LogP contribution in [0.1, 0.15) is 52.4 Å². The van der Waals surface area contributed by atoms with Crippen molar-refractivity contribution in [2.24, 2.45) is 11.1 Å². The maximum Gasteiger partial charge on any atom is 0.0269 e. The van der Waals surface area contributed by atoms with Crippen molar-refractivity contribution >= 4 is 0 Å². The zero-order valence-electron chi connectivity index (χ0n) is 12.1. The van der Waals surface area contributed by atoms with Crippen molar-refractivity contribution < 1.29 is 0 Å². The van der Waals surface area contributed by atoms with Crippen molar-refractivity contribution in [3.8, 4) is 0 Å². The van der Waals surface area contributed by atoms with E-state index in [1.165, 1.54) is 38.5 Å². The van der Waals surface area contributed by atoms with Crippen LogP contribution in [0, 0.1) is 5.41 Å². The van der Waals surface area contributed by atoms with Crippen molar-refractivity contribution in [3.63, 3.8) is 0 Å². The lowest BCUT2D eigenvalue weighted by molar-refractivity contribution is 0.170. The minimum absolute atomic E-state index is 0.333. The van der Waals surface area contributed by atoms with Crippen molar-refractivity contribution in [3.05, 3.63) is 0 Å². The van der Waals surface area contributed by atoms with Gasteiger partial charge in [0, 0.05) is 18.1 Å². The second-order valence-electron chi connectivity index (χ2n) is 6.23. The minimum Gasteiger partial charge on any atom is -0.328 e. The van der Waals surface area contributed by atoms with E-state index in [1.54, 1.807) is 0 Å². The highest BCUT2D eigenvalue weighted by Crippen LogP contribution is 2.32. The van der Waals surface area contributed by atoms with E-state index in [0.717, 1.165) is 0 Å². The fourth-order valence-electron chi connectivity index (χ4n) is 3.33. The van der Waals surface area contributed by atoms with E-state index in [9.17, 15) is 0 Å². The number of hydrogen-bond acceptors (Lipinski definition) is 3. The summed E-state index contributed by atoms with van der Waals surface area (Å²) in [5.74, 6) is 0. The predicted molar refractivity (Wildman–Crippen MR) is 75.2 cm³/mol. The summed E-state index contributed by atoms with van der Waals surface area (Å²) in [5.41, 5.74) is 6.46. The Bertz CT molecular complexity index is 216. The molecule has 1 aliphatic rings. The van der Waals surface area contributed by atoms with Gasteiger partial charge in [0.25, 0.3) is 0 Å². The van der Waals surface area contributed by atoms with Crippen LogP contribution >= 0.6 is 0 Å². The highest BCUT2D eigenvalue weighted by atomic mass is 15.0. The first-order valence-corrected chi connectivity index (χ1v) is 7.11. The van der Waals surface area contributed by atoms with E-state index >= 15 is 0 Å². The van der Waals surface area contributed by atoms with Crippen LogP contribution in [-0.4, -0.2) is 32.2 Å². The zero-order chi connectivity index (χ0) is 12.9. The molecular formula is C14H31N3. The lowest BCUT2D eigenvalue weighted by atomic mass is 9.74. The Morgan fingerprint density at radius 1 is 1.00 bits per heavy atom. The van der Waals surface area contributed by atoms with Gasteiger partial charge in [-0.2, -0.15) is 0 Å². The predicted octanol–water partition coefficient (Wildman–Crippen LogP) is 1.87. The van der Waals surface area contributed by atoms with E-state index in [0.29, 0.717) is 23.5 Å². The summed E-state index contributed by atoms with van der Waals surface area (Å²) in [5, 5.41) is 7.02. The third-order valence-corrected chi connectivity index (χ3v) is 4.41. The standard InChI is InChI=1S/C14H31N3/c1-14(2)10-6-8-11(15)7-5-9-12(16-3)13(14)17-4/h11-13,16-17H,5-10,15H2,1-4H3. The molecule has 0 saturated heterocycles. The van der Waals surface area contributed by atoms with Gasteiger partial charge < -0.3 is 16.4 Å². The molecule has 1 fully saturated rings. The van der Waals surface area contributed by atoms with Gasteiger partial charge in [-0.1, -0.05) is 26.7 Å². The molecule has 17 heavy (non-hydrogen) atoms. The number of hydrogen-bond donors (Lipinski definition) is 3. The zero-order valence-corrected chi connectivity index (χ0v) is 12.1. The van der Waals surface area contributed by atoms with Crippen LogP contribution in [0.5, 0.6) is 0 Å². The summed E-state index contributed by atoms with van der Waals surface area (Å²) in [6.07, 6.45) is 7.33. The van der Waals surface area contributed by atoms with Gasteiger partial charge in [-0.15, -0.1) is 0 Å². The Labute approximate surface area is 107 Å². The molecular weight excluding hydrogens is 210 g/mol. The smallest absolute Gasteiger partial charge is 0.0269 e. The molecule has 1 rings (SSSR count). The van der Waals surface area contributed by atoms with E-state index in [2.05, 4.69) is 38.6 Å². The normalized spacial score (nSPS) is 35.5. The fourth-order valence-corrected chi connectivity index (χ4v) is 3.33. The molecule has 1 saturated carbocycles. The van der Waals surface area contributed by atoms with Crippen LogP contribution in [0.3, 0.4) is 0 Å². The number of nitrogens with two attached hydrogens (primary N) is 1. The second-order valence-corrected chi connectivity index (χ2v) is 6.23. The minimum atomic E-state index is 0.333. The van der Waals surface area contributed by atoms with Crippen molar-refractivity contribution in [1.29, 1.82) is 0 Å². The van der Waals surface area contributed by atoms with Crippen LogP contribution in [0.2, 0.25) is 0 Å². The summed E-state index contributed by atoms with van der Waals surface area (Å²) in [4.78, 5) is 0. The number of likely N-dealkylation sites (N-methyl/N-ethyl adjacent to an activating group) is 2. The molecule has 0 aromatic heterocycles. The molecule has 0 heterocycles. The summed E-state index contributed by atoms with van der Waals surface area (Å²) >= 11 is 0. The summed E-state index contributed by atoms with van der Waals surface area (Å²) in [7, 11) is 4.17. The van der Waals surface area contributed by atoms with E-state index in [1.807, 2.05) is 0 Å². The maximum atomic E-state index is 6.13. The van der Waals surface area contributed by atoms with Crippen LogP contribution in [-0.2, 0) is 0 Å². The van der Waals surface area contributed by atoms with Crippen LogP contribution < -0.4 is 16.4 Å². The highest BCUT2D eigenvalue weighted by molar-refractivity contribution is 4.93. The first kappa shape index (κ1) is 14.9. The van der Waals surface area contributed by atoms with Crippen molar-refractivity contribution in [2.45, 2.75) is 70.5 Å². The topological polar surface area (TPSA) is 50.1 Å². The van der Waals surface area contributed by atoms with Gasteiger partial charge in [-0.25, -0.2) is 0 Å². The third kappa shape index (κ3) is 4.23. The average molecular weight is 241 g/mol. The molecule has 1 aliphatic carbocycles. The SMILES string of the molecule is CNC1CCCC(N)CCCC(C)(C)C1NC. The van der Waals surface area contributed by atoms with Gasteiger partial charge in [-0.05, 0) is 45.2 Å². The summed E-state index contributed by atoms with van der Waals surface area (Å²) < 4.78 is 0. The summed E-state index contributed by atoms with van der Waals surface area (Å²) in [6, 6.07) is 1.51. The Kier molecular flexibility index (Phi) is 5.90. The Morgan fingerprint density at radius 3 is 2.24 bits per heavy atom. The van der Waals surface area contributed by atoms with Gasteiger partial charge in [0.05, 0.1) is 0 Å². The Hall–Kier alpha value is -0.120. The molecule has 3 unspecified atom stereocenters. The first-order chi connectivity index (χ1) is 8.01. The van der Waals surface area contributed by atoms with Gasteiger partial charge in [0.2, 0.25) is 0 Å². The van der Waals surface area contributed by atoms with Crippen molar-refractivity contribution in [2.75, 3.05) is 14.1 Å². The van der Waals surface area contributed by atoms with Gasteiger partial charge in [0.1, 0.15) is 0 Å². The fraction of sp³-hybridized carbons (Fsp3) is 1.00. The largest absolute Gasteiger partial charge is 0.328 e. The van der Waals surface area contributed by atoms with Crippen molar-refractivity contribution in [1.82, 2.24) is 10.6 Å². The molecule has 3 nitrogen and oxygen atoms in total. The van der Waals surface area contributed by atoms with Crippen LogP contribution in [0.25, 0.3) is 0 Å². The molecule has 0 amide bonds. The van der Waals surface area contributed by atoms with E-state index in [-0.39, 0.29) is 0 Å².